The van der Waals surface area contributed by atoms with Crippen molar-refractivity contribution in [1.82, 2.24) is 14.8 Å². The molecule has 6 nitrogen and oxygen atoms in total. The molecule has 1 N–H and O–H groups in total. The van der Waals surface area contributed by atoms with E-state index in [-0.39, 0.29) is 5.91 Å². The molecule has 0 bridgehead atoms. The first-order chi connectivity index (χ1) is 11.3. The van der Waals surface area contributed by atoms with Gasteiger partial charge in [0.05, 0.1) is 18.8 Å². The van der Waals surface area contributed by atoms with Crippen LogP contribution in [-0.4, -0.2) is 27.3 Å². The Bertz CT molecular complexity index is 662. The van der Waals surface area contributed by atoms with Crippen molar-refractivity contribution in [3.63, 3.8) is 0 Å². The smallest absolute Gasteiger partial charge is 0.262 e. The predicted molar refractivity (Wildman–Crippen MR) is 87.7 cm³/mol. The van der Waals surface area contributed by atoms with Crippen LogP contribution in [0.2, 0.25) is 0 Å². The van der Waals surface area contributed by atoms with Crippen LogP contribution in [0, 0.1) is 0 Å². The topological polar surface area (TPSA) is 69.0 Å². The maximum atomic E-state index is 12.6. The highest BCUT2D eigenvalue weighted by molar-refractivity contribution is 6.05. The van der Waals surface area contributed by atoms with Gasteiger partial charge < -0.3 is 10.1 Å². The third kappa shape index (κ3) is 3.52. The summed E-state index contributed by atoms with van der Waals surface area (Å²) in [5.41, 5.74) is 0.436. The molecule has 6 heteroatoms. The highest BCUT2D eigenvalue weighted by Crippen LogP contribution is 2.30. The van der Waals surface area contributed by atoms with Crippen molar-refractivity contribution >= 4 is 11.7 Å². The lowest BCUT2D eigenvalue weighted by molar-refractivity contribution is 0.102. The van der Waals surface area contributed by atoms with Crippen LogP contribution in [0.15, 0.2) is 30.6 Å². The minimum atomic E-state index is -0.223. The standard InChI is InChI=1S/C17H22N4O2/c1-2-23-17-14(9-6-11-18-17)16(22)20-15-10-12-19-21(15)13-7-4-3-5-8-13/h6,9-13H,2-5,7-8H2,1H3,(H,20,22). The number of nitrogens with zero attached hydrogens (tertiary/aromatic N) is 3. The van der Waals surface area contributed by atoms with E-state index in [2.05, 4.69) is 15.4 Å². The molecule has 0 aliphatic heterocycles. The Labute approximate surface area is 135 Å². The van der Waals surface area contributed by atoms with Gasteiger partial charge in [-0.1, -0.05) is 19.3 Å². The van der Waals surface area contributed by atoms with Crippen LogP contribution in [0.5, 0.6) is 5.88 Å². The second-order valence-electron chi connectivity index (χ2n) is 5.70. The molecule has 1 fully saturated rings. The molecule has 1 amide bonds. The summed E-state index contributed by atoms with van der Waals surface area (Å²) in [6, 6.07) is 5.66. The maximum Gasteiger partial charge on any atom is 0.262 e. The van der Waals surface area contributed by atoms with E-state index in [1.807, 2.05) is 17.7 Å². The van der Waals surface area contributed by atoms with Crippen LogP contribution in [0.3, 0.4) is 0 Å². The highest BCUT2D eigenvalue weighted by atomic mass is 16.5. The number of nitrogens with one attached hydrogen (secondary N) is 1. The summed E-state index contributed by atoms with van der Waals surface area (Å²) in [4.78, 5) is 16.7. The number of anilines is 1. The first-order valence-corrected chi connectivity index (χ1v) is 8.22. The quantitative estimate of drug-likeness (QED) is 0.918. The van der Waals surface area contributed by atoms with E-state index >= 15 is 0 Å². The van der Waals surface area contributed by atoms with Gasteiger partial charge in [-0.2, -0.15) is 5.10 Å². The average Bonchev–Trinajstić information content (AvgIpc) is 3.04. The van der Waals surface area contributed by atoms with Gasteiger partial charge in [-0.15, -0.1) is 0 Å². The lowest BCUT2D eigenvalue weighted by atomic mass is 9.96. The van der Waals surface area contributed by atoms with E-state index in [0.29, 0.717) is 24.1 Å². The predicted octanol–water partition coefficient (Wildman–Crippen LogP) is 3.43. The van der Waals surface area contributed by atoms with Gasteiger partial charge in [0, 0.05) is 12.3 Å². The molecule has 0 aromatic carbocycles. The molecule has 2 heterocycles. The molecule has 1 saturated carbocycles. The van der Waals surface area contributed by atoms with Crippen molar-refractivity contribution in [2.75, 3.05) is 11.9 Å². The van der Waals surface area contributed by atoms with Gasteiger partial charge in [0.15, 0.2) is 0 Å². The van der Waals surface area contributed by atoms with E-state index in [1.54, 1.807) is 24.5 Å². The van der Waals surface area contributed by atoms with Crippen molar-refractivity contribution in [2.24, 2.45) is 0 Å². The molecular formula is C17H22N4O2. The summed E-state index contributed by atoms with van der Waals surface area (Å²) in [6.45, 7) is 2.34. The first kappa shape index (κ1) is 15.5. The number of rotatable bonds is 5. The first-order valence-electron chi connectivity index (χ1n) is 8.22. The fraction of sp³-hybridized carbons (Fsp3) is 0.471. The Kier molecular flexibility index (Phi) is 4.90. The highest BCUT2D eigenvalue weighted by Gasteiger charge is 2.20. The number of ether oxygens (including phenoxy) is 1. The molecule has 23 heavy (non-hydrogen) atoms. The van der Waals surface area contributed by atoms with Gasteiger partial charge in [0.2, 0.25) is 5.88 Å². The van der Waals surface area contributed by atoms with Crippen LogP contribution >= 0.6 is 0 Å². The van der Waals surface area contributed by atoms with Crippen LogP contribution in [0.25, 0.3) is 0 Å². The van der Waals surface area contributed by atoms with Crippen LogP contribution in [0.4, 0.5) is 5.82 Å². The Morgan fingerprint density at radius 1 is 1.30 bits per heavy atom. The number of pyridine rings is 1. The molecule has 1 aliphatic carbocycles. The number of carbonyl (C=O) groups excluding carboxylic acids is 1. The Morgan fingerprint density at radius 3 is 2.91 bits per heavy atom. The molecule has 0 unspecified atom stereocenters. The number of amides is 1. The van der Waals surface area contributed by atoms with E-state index in [4.69, 9.17) is 4.74 Å². The maximum absolute atomic E-state index is 12.6. The third-order valence-electron chi connectivity index (χ3n) is 4.13. The van der Waals surface area contributed by atoms with E-state index in [9.17, 15) is 4.79 Å². The molecule has 0 saturated heterocycles. The van der Waals surface area contributed by atoms with Crippen LogP contribution in [0.1, 0.15) is 55.4 Å². The second kappa shape index (κ2) is 7.26. The van der Waals surface area contributed by atoms with Crippen LogP contribution in [-0.2, 0) is 0 Å². The SMILES string of the molecule is CCOc1ncccc1C(=O)Nc1ccnn1C1CCCCC1. The lowest BCUT2D eigenvalue weighted by Gasteiger charge is -2.24. The van der Waals surface area contributed by atoms with E-state index in [1.165, 1.54) is 19.3 Å². The summed E-state index contributed by atoms with van der Waals surface area (Å²) >= 11 is 0. The molecule has 2 aromatic rings. The Balaban J connectivity index is 1.77. The zero-order valence-electron chi connectivity index (χ0n) is 13.4. The summed E-state index contributed by atoms with van der Waals surface area (Å²) < 4.78 is 7.37. The summed E-state index contributed by atoms with van der Waals surface area (Å²) in [5.74, 6) is 0.864. The van der Waals surface area contributed by atoms with Gasteiger partial charge in [0.25, 0.3) is 5.91 Å². The molecule has 122 valence electrons. The summed E-state index contributed by atoms with van der Waals surface area (Å²) in [6.07, 6.45) is 9.30. The number of hydrogen-bond donors (Lipinski definition) is 1. The summed E-state index contributed by atoms with van der Waals surface area (Å²) in [7, 11) is 0. The van der Waals surface area contributed by atoms with Crippen molar-refractivity contribution < 1.29 is 9.53 Å². The second-order valence-corrected chi connectivity index (χ2v) is 5.70. The van der Waals surface area contributed by atoms with Crippen molar-refractivity contribution in [1.29, 1.82) is 0 Å². The number of aromatic nitrogens is 3. The third-order valence-corrected chi connectivity index (χ3v) is 4.13. The molecular weight excluding hydrogens is 292 g/mol. The number of carbonyl (C=O) groups is 1. The summed E-state index contributed by atoms with van der Waals surface area (Å²) in [5, 5.41) is 7.34. The largest absolute Gasteiger partial charge is 0.477 e. The molecule has 0 radical (unpaired) electrons. The normalized spacial score (nSPS) is 15.3. The zero-order valence-corrected chi connectivity index (χ0v) is 13.4. The zero-order chi connectivity index (χ0) is 16.1. The van der Waals surface area contributed by atoms with Crippen molar-refractivity contribution in [2.45, 2.75) is 45.1 Å². The fourth-order valence-electron chi connectivity index (χ4n) is 3.03. The number of hydrogen-bond acceptors (Lipinski definition) is 4. The van der Waals surface area contributed by atoms with Crippen LogP contribution < -0.4 is 10.1 Å². The van der Waals surface area contributed by atoms with Gasteiger partial charge >= 0.3 is 0 Å². The minimum absolute atomic E-state index is 0.223. The fourth-order valence-corrected chi connectivity index (χ4v) is 3.03. The lowest BCUT2D eigenvalue weighted by Crippen LogP contribution is -2.21. The van der Waals surface area contributed by atoms with Gasteiger partial charge in [0.1, 0.15) is 11.4 Å². The van der Waals surface area contributed by atoms with Crippen molar-refractivity contribution in [3.05, 3.63) is 36.2 Å². The Morgan fingerprint density at radius 2 is 2.13 bits per heavy atom. The average molecular weight is 314 g/mol. The van der Waals surface area contributed by atoms with E-state index in [0.717, 1.165) is 18.7 Å². The van der Waals surface area contributed by atoms with Gasteiger partial charge in [-0.3, -0.25) is 4.79 Å². The van der Waals surface area contributed by atoms with Crippen molar-refractivity contribution in [3.8, 4) is 5.88 Å². The molecule has 0 atom stereocenters. The Hall–Kier alpha value is -2.37. The minimum Gasteiger partial charge on any atom is -0.477 e. The van der Waals surface area contributed by atoms with Gasteiger partial charge in [-0.25, -0.2) is 9.67 Å². The molecule has 2 aromatic heterocycles. The molecule has 0 spiro atoms. The molecule has 1 aliphatic rings. The van der Waals surface area contributed by atoms with E-state index < -0.39 is 0 Å². The van der Waals surface area contributed by atoms with Gasteiger partial charge in [-0.05, 0) is 31.9 Å². The molecule has 3 rings (SSSR count). The monoisotopic (exact) mass is 314 g/mol.